The average molecular weight is 251 g/mol. The molecule has 0 bridgehead atoms. The van der Waals surface area contributed by atoms with E-state index >= 15 is 0 Å². The lowest BCUT2D eigenvalue weighted by atomic mass is 10.2. The third-order valence-corrected chi connectivity index (χ3v) is 3.61. The predicted octanol–water partition coefficient (Wildman–Crippen LogP) is 0.596. The van der Waals surface area contributed by atoms with E-state index in [4.69, 9.17) is 5.73 Å². The Morgan fingerprint density at radius 3 is 2.94 bits per heavy atom. The van der Waals surface area contributed by atoms with Crippen LogP contribution in [0, 0.1) is 0 Å². The SMILES string of the molecule is CN(CCNC(=O)c1cn[nH]c1N)C1CCCC1. The van der Waals surface area contributed by atoms with Gasteiger partial charge in [-0.1, -0.05) is 12.8 Å². The van der Waals surface area contributed by atoms with Gasteiger partial charge in [-0.3, -0.25) is 9.89 Å². The van der Waals surface area contributed by atoms with Crippen LogP contribution in [0.3, 0.4) is 0 Å². The van der Waals surface area contributed by atoms with Gasteiger partial charge >= 0.3 is 0 Å². The van der Waals surface area contributed by atoms with Gasteiger partial charge in [-0.05, 0) is 19.9 Å². The number of H-pyrrole nitrogens is 1. The van der Waals surface area contributed by atoms with E-state index < -0.39 is 0 Å². The lowest BCUT2D eigenvalue weighted by Crippen LogP contribution is -2.37. The number of rotatable bonds is 5. The van der Waals surface area contributed by atoms with Crippen molar-refractivity contribution in [3.05, 3.63) is 11.8 Å². The maximum Gasteiger partial charge on any atom is 0.256 e. The molecule has 1 aromatic heterocycles. The number of carbonyl (C=O) groups is 1. The fourth-order valence-corrected chi connectivity index (χ4v) is 2.45. The second-order valence-corrected chi connectivity index (χ2v) is 4.87. The summed E-state index contributed by atoms with van der Waals surface area (Å²) < 4.78 is 0. The highest BCUT2D eigenvalue weighted by Gasteiger charge is 2.19. The van der Waals surface area contributed by atoms with E-state index in [1.165, 1.54) is 31.9 Å². The van der Waals surface area contributed by atoms with Crippen LogP contribution in [0.5, 0.6) is 0 Å². The minimum atomic E-state index is -0.166. The Balaban J connectivity index is 1.72. The molecule has 1 saturated carbocycles. The number of nitrogens with one attached hydrogen (secondary N) is 2. The number of likely N-dealkylation sites (N-methyl/N-ethyl adjacent to an activating group) is 1. The first-order chi connectivity index (χ1) is 8.68. The van der Waals surface area contributed by atoms with Crippen LogP contribution in [0.2, 0.25) is 0 Å². The maximum absolute atomic E-state index is 11.8. The van der Waals surface area contributed by atoms with Gasteiger partial charge in [0.05, 0.1) is 6.20 Å². The molecule has 1 aromatic rings. The molecule has 6 nitrogen and oxygen atoms in total. The quantitative estimate of drug-likeness (QED) is 0.715. The van der Waals surface area contributed by atoms with Crippen LogP contribution in [0.4, 0.5) is 5.82 Å². The zero-order chi connectivity index (χ0) is 13.0. The van der Waals surface area contributed by atoms with Gasteiger partial charge in [-0.2, -0.15) is 5.10 Å². The number of hydrogen-bond acceptors (Lipinski definition) is 4. The highest BCUT2D eigenvalue weighted by Crippen LogP contribution is 2.21. The van der Waals surface area contributed by atoms with Gasteiger partial charge in [0.2, 0.25) is 0 Å². The average Bonchev–Trinajstić information content (AvgIpc) is 2.99. The molecule has 100 valence electrons. The highest BCUT2D eigenvalue weighted by atomic mass is 16.1. The van der Waals surface area contributed by atoms with E-state index in [0.29, 0.717) is 24.0 Å². The number of carbonyl (C=O) groups excluding carboxylic acids is 1. The Morgan fingerprint density at radius 2 is 2.33 bits per heavy atom. The topological polar surface area (TPSA) is 87.0 Å². The fourth-order valence-electron chi connectivity index (χ4n) is 2.45. The van der Waals surface area contributed by atoms with Gasteiger partial charge in [0.25, 0.3) is 5.91 Å². The number of nitrogens with zero attached hydrogens (tertiary/aromatic N) is 2. The number of anilines is 1. The molecule has 0 atom stereocenters. The second kappa shape index (κ2) is 5.86. The summed E-state index contributed by atoms with van der Waals surface area (Å²) in [6.45, 7) is 1.50. The second-order valence-electron chi connectivity index (χ2n) is 4.87. The van der Waals surface area contributed by atoms with E-state index in [1.807, 2.05) is 0 Å². The predicted molar refractivity (Wildman–Crippen MR) is 70.2 cm³/mol. The summed E-state index contributed by atoms with van der Waals surface area (Å²) in [5, 5.41) is 9.14. The molecule has 0 radical (unpaired) electrons. The van der Waals surface area contributed by atoms with Crippen molar-refractivity contribution >= 4 is 11.7 Å². The summed E-state index contributed by atoms with van der Waals surface area (Å²) in [7, 11) is 2.12. The normalized spacial score (nSPS) is 16.3. The smallest absolute Gasteiger partial charge is 0.256 e. The molecule has 6 heteroatoms. The minimum absolute atomic E-state index is 0.166. The molecular formula is C12H21N5O. The molecule has 0 saturated heterocycles. The van der Waals surface area contributed by atoms with Crippen LogP contribution >= 0.6 is 0 Å². The van der Waals surface area contributed by atoms with E-state index in [9.17, 15) is 4.79 Å². The van der Waals surface area contributed by atoms with Gasteiger partial charge in [0, 0.05) is 19.1 Å². The molecule has 1 heterocycles. The summed E-state index contributed by atoms with van der Waals surface area (Å²) in [6.07, 6.45) is 6.66. The van der Waals surface area contributed by atoms with E-state index in [2.05, 4.69) is 27.5 Å². The number of aromatic nitrogens is 2. The lowest BCUT2D eigenvalue weighted by molar-refractivity contribution is 0.0948. The molecule has 4 N–H and O–H groups in total. The van der Waals surface area contributed by atoms with Crippen molar-refractivity contribution in [3.63, 3.8) is 0 Å². The Kier molecular flexibility index (Phi) is 4.19. The van der Waals surface area contributed by atoms with Gasteiger partial charge in [0.15, 0.2) is 0 Å². The number of aromatic amines is 1. The summed E-state index contributed by atoms with van der Waals surface area (Å²) in [6, 6.07) is 0.681. The van der Waals surface area contributed by atoms with Crippen molar-refractivity contribution in [2.24, 2.45) is 0 Å². The van der Waals surface area contributed by atoms with E-state index in [0.717, 1.165) is 6.54 Å². The molecule has 0 unspecified atom stereocenters. The fraction of sp³-hybridized carbons (Fsp3) is 0.667. The number of amides is 1. The number of nitrogens with two attached hydrogens (primary N) is 1. The Labute approximate surface area is 107 Å². The Bertz CT molecular complexity index is 397. The van der Waals surface area contributed by atoms with Gasteiger partial charge in [-0.25, -0.2) is 0 Å². The van der Waals surface area contributed by atoms with Crippen LogP contribution in [0.1, 0.15) is 36.0 Å². The van der Waals surface area contributed by atoms with Crippen molar-refractivity contribution < 1.29 is 4.79 Å². The van der Waals surface area contributed by atoms with Crippen LogP contribution in [0.25, 0.3) is 0 Å². The third kappa shape index (κ3) is 3.01. The molecular weight excluding hydrogens is 230 g/mol. The van der Waals surface area contributed by atoms with Crippen LogP contribution in [-0.4, -0.2) is 47.2 Å². The van der Waals surface area contributed by atoms with Crippen molar-refractivity contribution in [2.45, 2.75) is 31.7 Å². The molecule has 1 fully saturated rings. The van der Waals surface area contributed by atoms with Crippen molar-refractivity contribution in [1.82, 2.24) is 20.4 Å². The third-order valence-electron chi connectivity index (χ3n) is 3.61. The Hall–Kier alpha value is -1.56. The molecule has 2 rings (SSSR count). The summed E-state index contributed by atoms with van der Waals surface area (Å²) in [4.78, 5) is 14.1. The molecule has 1 amide bonds. The number of hydrogen-bond donors (Lipinski definition) is 3. The number of nitrogen functional groups attached to an aromatic ring is 1. The van der Waals surface area contributed by atoms with Crippen molar-refractivity contribution in [2.75, 3.05) is 25.9 Å². The zero-order valence-electron chi connectivity index (χ0n) is 10.8. The highest BCUT2D eigenvalue weighted by molar-refractivity contribution is 5.98. The van der Waals surface area contributed by atoms with Crippen LogP contribution in [0.15, 0.2) is 6.20 Å². The van der Waals surface area contributed by atoms with Crippen molar-refractivity contribution in [3.8, 4) is 0 Å². The van der Waals surface area contributed by atoms with Gasteiger partial charge in [0.1, 0.15) is 11.4 Å². The monoisotopic (exact) mass is 251 g/mol. The molecule has 1 aliphatic rings. The summed E-state index contributed by atoms with van der Waals surface area (Å²) in [5.74, 6) is 0.151. The van der Waals surface area contributed by atoms with E-state index in [-0.39, 0.29) is 5.91 Å². The molecule has 0 spiro atoms. The molecule has 0 aromatic carbocycles. The van der Waals surface area contributed by atoms with E-state index in [1.54, 1.807) is 0 Å². The van der Waals surface area contributed by atoms with Gasteiger partial charge < -0.3 is 16.0 Å². The molecule has 0 aliphatic heterocycles. The minimum Gasteiger partial charge on any atom is -0.383 e. The first kappa shape index (κ1) is 12.9. The lowest BCUT2D eigenvalue weighted by Gasteiger charge is -2.23. The summed E-state index contributed by atoms with van der Waals surface area (Å²) in [5.41, 5.74) is 6.00. The van der Waals surface area contributed by atoms with Gasteiger partial charge in [-0.15, -0.1) is 0 Å². The Morgan fingerprint density at radius 1 is 1.61 bits per heavy atom. The van der Waals surface area contributed by atoms with Crippen LogP contribution in [-0.2, 0) is 0 Å². The first-order valence-corrected chi connectivity index (χ1v) is 6.45. The standard InChI is InChI=1S/C12H21N5O/c1-17(9-4-2-3-5-9)7-6-14-12(18)10-8-15-16-11(10)13/h8-9H,2-7H2,1H3,(H,14,18)(H3,13,15,16). The molecule has 1 aliphatic carbocycles. The zero-order valence-corrected chi connectivity index (χ0v) is 10.8. The molecule has 18 heavy (non-hydrogen) atoms. The maximum atomic E-state index is 11.8. The summed E-state index contributed by atoms with van der Waals surface area (Å²) >= 11 is 0. The van der Waals surface area contributed by atoms with Crippen molar-refractivity contribution in [1.29, 1.82) is 0 Å². The van der Waals surface area contributed by atoms with Crippen LogP contribution < -0.4 is 11.1 Å². The largest absolute Gasteiger partial charge is 0.383 e. The first-order valence-electron chi connectivity index (χ1n) is 6.45.